The molecule has 1 aromatic carbocycles. The van der Waals surface area contributed by atoms with E-state index in [0.29, 0.717) is 23.5 Å². The molecule has 0 aliphatic rings. The van der Waals surface area contributed by atoms with Gasteiger partial charge in [-0.05, 0) is 35.4 Å². The molecule has 0 fully saturated rings. The van der Waals surface area contributed by atoms with Crippen LogP contribution in [0.3, 0.4) is 0 Å². The van der Waals surface area contributed by atoms with Crippen molar-refractivity contribution in [3.63, 3.8) is 0 Å². The van der Waals surface area contributed by atoms with E-state index in [9.17, 15) is 4.39 Å². The Hall–Kier alpha value is -1.36. The number of nitriles is 1. The topological polar surface area (TPSA) is 23.8 Å². The Kier molecular flexibility index (Phi) is 3.93. The molecule has 0 heterocycles. The van der Waals surface area contributed by atoms with Gasteiger partial charge < -0.3 is 0 Å². The molecule has 0 amide bonds. The van der Waals surface area contributed by atoms with Crippen molar-refractivity contribution in [2.45, 2.75) is 46.5 Å². The van der Waals surface area contributed by atoms with Crippen LogP contribution >= 0.6 is 0 Å². The highest BCUT2D eigenvalue weighted by Gasteiger charge is 2.19. The van der Waals surface area contributed by atoms with Crippen molar-refractivity contribution in [1.29, 1.82) is 5.26 Å². The van der Waals surface area contributed by atoms with Crippen molar-refractivity contribution in [3.05, 3.63) is 34.6 Å². The molecule has 0 saturated carbocycles. The molecule has 0 atom stereocenters. The van der Waals surface area contributed by atoms with Crippen LogP contribution in [-0.2, 0) is 11.8 Å². The molecule has 92 valence electrons. The summed E-state index contributed by atoms with van der Waals surface area (Å²) in [7, 11) is 0. The Morgan fingerprint density at radius 2 is 1.88 bits per heavy atom. The van der Waals surface area contributed by atoms with E-state index in [1.165, 1.54) is 0 Å². The van der Waals surface area contributed by atoms with Crippen LogP contribution in [0.5, 0.6) is 0 Å². The SMILES string of the molecule is CC(C)Cc1c(F)cc(C(C)(C)C)cc1C#N. The summed E-state index contributed by atoms with van der Waals surface area (Å²) < 4.78 is 14.0. The molecule has 0 saturated heterocycles. The molecule has 1 rings (SSSR count). The molecule has 0 bridgehead atoms. The van der Waals surface area contributed by atoms with Crippen LogP contribution in [0.25, 0.3) is 0 Å². The zero-order chi connectivity index (χ0) is 13.2. The van der Waals surface area contributed by atoms with Crippen LogP contribution in [0.1, 0.15) is 51.3 Å². The van der Waals surface area contributed by atoms with Crippen LogP contribution in [0.15, 0.2) is 12.1 Å². The van der Waals surface area contributed by atoms with Crippen molar-refractivity contribution in [2.24, 2.45) is 5.92 Å². The lowest BCUT2D eigenvalue weighted by atomic mass is 9.84. The molecule has 2 heteroatoms. The third-order valence-corrected chi connectivity index (χ3v) is 2.79. The first kappa shape index (κ1) is 13.7. The highest BCUT2D eigenvalue weighted by Crippen LogP contribution is 2.27. The lowest BCUT2D eigenvalue weighted by molar-refractivity contribution is 0.551. The number of hydrogen-bond acceptors (Lipinski definition) is 1. The summed E-state index contributed by atoms with van der Waals surface area (Å²) in [5.41, 5.74) is 1.76. The Bertz CT molecular complexity index is 447. The third kappa shape index (κ3) is 3.30. The van der Waals surface area contributed by atoms with Gasteiger partial charge in [0.05, 0.1) is 11.6 Å². The smallest absolute Gasteiger partial charge is 0.128 e. The maximum Gasteiger partial charge on any atom is 0.128 e. The highest BCUT2D eigenvalue weighted by molar-refractivity contribution is 5.43. The molecule has 0 spiro atoms. The number of nitrogens with zero attached hydrogens (tertiary/aromatic N) is 1. The minimum absolute atomic E-state index is 0.136. The molecule has 0 radical (unpaired) electrons. The Labute approximate surface area is 103 Å². The fourth-order valence-electron chi connectivity index (χ4n) is 1.79. The number of hydrogen-bond donors (Lipinski definition) is 0. The molecule has 1 nitrogen and oxygen atoms in total. The van der Waals surface area contributed by atoms with Gasteiger partial charge in [-0.25, -0.2) is 4.39 Å². The maximum absolute atomic E-state index is 14.0. The van der Waals surface area contributed by atoms with Crippen molar-refractivity contribution < 1.29 is 4.39 Å². The van der Waals surface area contributed by atoms with Crippen molar-refractivity contribution in [3.8, 4) is 6.07 Å². The van der Waals surface area contributed by atoms with Crippen molar-refractivity contribution >= 4 is 0 Å². The molecule has 0 aromatic heterocycles. The second kappa shape index (κ2) is 4.87. The quantitative estimate of drug-likeness (QED) is 0.751. The van der Waals surface area contributed by atoms with Gasteiger partial charge in [0.15, 0.2) is 0 Å². The van der Waals surface area contributed by atoms with Crippen LogP contribution in [0.4, 0.5) is 4.39 Å². The van der Waals surface area contributed by atoms with Crippen molar-refractivity contribution in [2.75, 3.05) is 0 Å². The van der Waals surface area contributed by atoms with Gasteiger partial charge in [-0.15, -0.1) is 0 Å². The van der Waals surface area contributed by atoms with Gasteiger partial charge in [0, 0.05) is 5.56 Å². The summed E-state index contributed by atoms with van der Waals surface area (Å²) in [4.78, 5) is 0. The zero-order valence-electron chi connectivity index (χ0n) is 11.3. The van der Waals surface area contributed by atoms with Gasteiger partial charge in [-0.2, -0.15) is 5.26 Å². The zero-order valence-corrected chi connectivity index (χ0v) is 11.3. The lowest BCUT2D eigenvalue weighted by Crippen LogP contribution is -2.13. The van der Waals surface area contributed by atoms with Crippen LogP contribution in [0, 0.1) is 23.1 Å². The Balaban J connectivity index is 3.32. The second-order valence-corrected chi connectivity index (χ2v) is 5.94. The van der Waals surface area contributed by atoms with Gasteiger partial charge in [0.1, 0.15) is 5.82 Å². The van der Waals surface area contributed by atoms with Gasteiger partial charge in [0.25, 0.3) is 0 Å². The Morgan fingerprint density at radius 3 is 2.29 bits per heavy atom. The molecule has 17 heavy (non-hydrogen) atoms. The van der Waals surface area contributed by atoms with E-state index in [0.717, 1.165) is 5.56 Å². The van der Waals surface area contributed by atoms with E-state index in [1.54, 1.807) is 6.07 Å². The fraction of sp³-hybridized carbons (Fsp3) is 0.533. The van der Waals surface area contributed by atoms with Crippen LogP contribution < -0.4 is 0 Å². The van der Waals surface area contributed by atoms with E-state index in [1.807, 2.05) is 40.7 Å². The summed E-state index contributed by atoms with van der Waals surface area (Å²) in [6, 6.07) is 5.50. The van der Waals surface area contributed by atoms with Gasteiger partial charge in [0.2, 0.25) is 0 Å². The molecule has 0 aliphatic carbocycles. The third-order valence-electron chi connectivity index (χ3n) is 2.79. The van der Waals surface area contributed by atoms with Crippen LogP contribution in [-0.4, -0.2) is 0 Å². The number of benzene rings is 1. The largest absolute Gasteiger partial charge is 0.207 e. The first-order chi connectivity index (χ1) is 7.75. The minimum Gasteiger partial charge on any atom is -0.207 e. The summed E-state index contributed by atoms with van der Waals surface area (Å²) in [5, 5.41) is 9.13. The Morgan fingerprint density at radius 1 is 1.29 bits per heavy atom. The summed E-state index contributed by atoms with van der Waals surface area (Å²) in [6.07, 6.45) is 0.610. The highest BCUT2D eigenvalue weighted by atomic mass is 19.1. The standard InChI is InChI=1S/C15H20FN/c1-10(2)6-13-11(9-17)7-12(8-14(13)16)15(3,4)5/h7-8,10H,6H2,1-5H3. The maximum atomic E-state index is 14.0. The van der Waals surface area contributed by atoms with Crippen molar-refractivity contribution in [1.82, 2.24) is 0 Å². The second-order valence-electron chi connectivity index (χ2n) is 5.94. The van der Waals surface area contributed by atoms with Gasteiger partial charge in [-0.1, -0.05) is 34.6 Å². The van der Waals surface area contributed by atoms with E-state index >= 15 is 0 Å². The lowest BCUT2D eigenvalue weighted by Gasteiger charge is -2.21. The monoisotopic (exact) mass is 233 g/mol. The molecule has 0 unspecified atom stereocenters. The summed E-state index contributed by atoms with van der Waals surface area (Å²) in [5.74, 6) is 0.0970. The minimum atomic E-state index is -0.248. The average molecular weight is 233 g/mol. The summed E-state index contributed by atoms with van der Waals surface area (Å²) >= 11 is 0. The predicted octanol–water partition coefficient (Wildman–Crippen LogP) is 4.19. The van der Waals surface area contributed by atoms with E-state index in [4.69, 9.17) is 5.26 Å². The fourth-order valence-corrected chi connectivity index (χ4v) is 1.79. The first-order valence-electron chi connectivity index (χ1n) is 5.98. The number of rotatable bonds is 2. The normalized spacial score (nSPS) is 11.6. The van der Waals surface area contributed by atoms with E-state index in [-0.39, 0.29) is 11.2 Å². The molecule has 0 aliphatic heterocycles. The van der Waals surface area contributed by atoms with Gasteiger partial charge in [-0.3, -0.25) is 0 Å². The van der Waals surface area contributed by atoms with Gasteiger partial charge >= 0.3 is 0 Å². The molecular formula is C15H20FN. The first-order valence-corrected chi connectivity index (χ1v) is 5.98. The predicted molar refractivity (Wildman–Crippen MR) is 68.4 cm³/mol. The molecule has 0 N–H and O–H groups in total. The van der Waals surface area contributed by atoms with E-state index in [2.05, 4.69) is 6.07 Å². The molecular weight excluding hydrogens is 213 g/mol. The molecule has 1 aromatic rings. The van der Waals surface area contributed by atoms with E-state index < -0.39 is 0 Å². The summed E-state index contributed by atoms with van der Waals surface area (Å²) in [6.45, 7) is 10.1. The number of halogens is 1. The average Bonchev–Trinajstić information content (AvgIpc) is 2.18. The van der Waals surface area contributed by atoms with Crippen LogP contribution in [0.2, 0.25) is 0 Å².